The van der Waals surface area contributed by atoms with Gasteiger partial charge in [-0.3, -0.25) is 0 Å². The number of rotatable bonds is 3. The normalized spacial score (nSPS) is 35.0. The van der Waals surface area contributed by atoms with Crippen LogP contribution in [-0.2, 0) is 4.74 Å². The summed E-state index contributed by atoms with van der Waals surface area (Å²) in [7, 11) is 0. The van der Waals surface area contributed by atoms with Crippen molar-refractivity contribution >= 4 is 0 Å². The van der Waals surface area contributed by atoms with Gasteiger partial charge >= 0.3 is 0 Å². The Morgan fingerprint density at radius 1 is 1.50 bits per heavy atom. The Bertz CT molecular complexity index is 139. The summed E-state index contributed by atoms with van der Waals surface area (Å²) in [6.07, 6.45) is 2.30. The number of hydrogen-bond acceptors (Lipinski definition) is 2. The van der Waals surface area contributed by atoms with Crippen LogP contribution in [0.3, 0.4) is 0 Å². The zero-order valence-electron chi connectivity index (χ0n) is 8.34. The molecule has 1 aliphatic heterocycles. The smallest absolute Gasteiger partial charge is 0.0684 e. The Morgan fingerprint density at radius 2 is 2.17 bits per heavy atom. The topological polar surface area (TPSA) is 29.5 Å². The van der Waals surface area contributed by atoms with Crippen molar-refractivity contribution in [2.24, 2.45) is 11.8 Å². The van der Waals surface area contributed by atoms with E-state index < -0.39 is 0 Å². The van der Waals surface area contributed by atoms with E-state index in [1.165, 1.54) is 6.42 Å². The van der Waals surface area contributed by atoms with Gasteiger partial charge in [0.25, 0.3) is 0 Å². The summed E-state index contributed by atoms with van der Waals surface area (Å²) in [5.41, 5.74) is 0.0160. The minimum absolute atomic E-state index is 0.0160. The first-order valence-corrected chi connectivity index (χ1v) is 4.85. The summed E-state index contributed by atoms with van der Waals surface area (Å²) in [5, 5.41) is 9.02. The summed E-state index contributed by atoms with van der Waals surface area (Å²) in [6.45, 7) is 7.57. The van der Waals surface area contributed by atoms with Crippen LogP contribution in [0.2, 0.25) is 0 Å². The van der Waals surface area contributed by atoms with Gasteiger partial charge < -0.3 is 9.84 Å². The molecule has 0 radical (unpaired) electrons. The predicted molar refractivity (Wildman–Crippen MR) is 49.0 cm³/mol. The first kappa shape index (κ1) is 10.0. The fourth-order valence-electron chi connectivity index (χ4n) is 1.92. The third-order valence-electron chi connectivity index (χ3n) is 3.35. The van der Waals surface area contributed by atoms with E-state index in [1.807, 2.05) is 0 Å². The molecule has 1 saturated heterocycles. The van der Waals surface area contributed by atoms with Crippen molar-refractivity contribution in [1.29, 1.82) is 0 Å². The van der Waals surface area contributed by atoms with Gasteiger partial charge in [0.1, 0.15) is 0 Å². The molecule has 1 heterocycles. The van der Waals surface area contributed by atoms with Crippen LogP contribution in [-0.4, -0.2) is 23.9 Å². The molecule has 1 fully saturated rings. The van der Waals surface area contributed by atoms with E-state index >= 15 is 0 Å². The summed E-state index contributed by atoms with van der Waals surface area (Å²) < 4.78 is 5.71. The van der Waals surface area contributed by atoms with E-state index in [0.717, 1.165) is 13.0 Å². The lowest BCUT2D eigenvalue weighted by Gasteiger charge is -2.34. The maximum absolute atomic E-state index is 9.02. The molecule has 12 heavy (non-hydrogen) atoms. The van der Waals surface area contributed by atoms with Gasteiger partial charge in [-0.1, -0.05) is 13.8 Å². The molecule has 1 N–H and O–H groups in total. The van der Waals surface area contributed by atoms with Crippen molar-refractivity contribution in [3.63, 3.8) is 0 Å². The Labute approximate surface area is 74.9 Å². The SMILES string of the molecule is CC(CO)C(C)C1(C)CCCO1. The molecule has 2 heteroatoms. The number of aliphatic hydroxyl groups excluding tert-OH is 1. The van der Waals surface area contributed by atoms with Crippen LogP contribution in [0, 0.1) is 11.8 Å². The third kappa shape index (κ3) is 1.80. The highest BCUT2D eigenvalue weighted by atomic mass is 16.5. The second-order valence-corrected chi connectivity index (χ2v) is 4.21. The van der Waals surface area contributed by atoms with Gasteiger partial charge in [-0.05, 0) is 31.6 Å². The first-order valence-electron chi connectivity index (χ1n) is 4.85. The van der Waals surface area contributed by atoms with Crippen LogP contribution in [0.25, 0.3) is 0 Å². The zero-order chi connectivity index (χ0) is 9.19. The minimum Gasteiger partial charge on any atom is -0.396 e. The third-order valence-corrected chi connectivity index (χ3v) is 3.35. The van der Waals surface area contributed by atoms with Crippen molar-refractivity contribution < 1.29 is 9.84 Å². The predicted octanol–water partition coefficient (Wildman–Crippen LogP) is 1.82. The number of ether oxygens (including phenoxy) is 1. The average molecular weight is 172 g/mol. The molecule has 2 nitrogen and oxygen atoms in total. The first-order chi connectivity index (χ1) is 5.60. The largest absolute Gasteiger partial charge is 0.396 e. The summed E-state index contributed by atoms with van der Waals surface area (Å²) >= 11 is 0. The molecular weight excluding hydrogens is 152 g/mol. The van der Waals surface area contributed by atoms with Crippen LogP contribution < -0.4 is 0 Å². The van der Waals surface area contributed by atoms with Crippen molar-refractivity contribution in [1.82, 2.24) is 0 Å². The Balaban J connectivity index is 2.54. The summed E-state index contributed by atoms with van der Waals surface area (Å²) in [4.78, 5) is 0. The van der Waals surface area contributed by atoms with Crippen LogP contribution in [0.15, 0.2) is 0 Å². The van der Waals surface area contributed by atoms with Crippen molar-refractivity contribution in [2.75, 3.05) is 13.2 Å². The molecule has 0 spiro atoms. The maximum atomic E-state index is 9.02. The molecule has 1 rings (SSSR count). The second-order valence-electron chi connectivity index (χ2n) is 4.21. The van der Waals surface area contributed by atoms with Gasteiger partial charge in [0.05, 0.1) is 5.60 Å². The lowest BCUT2D eigenvalue weighted by atomic mass is 9.80. The van der Waals surface area contributed by atoms with Crippen molar-refractivity contribution in [3.8, 4) is 0 Å². The summed E-state index contributed by atoms with van der Waals surface area (Å²) in [5.74, 6) is 0.790. The number of aliphatic hydroxyl groups is 1. The maximum Gasteiger partial charge on any atom is 0.0684 e. The van der Waals surface area contributed by atoms with Crippen LogP contribution in [0.5, 0.6) is 0 Å². The van der Waals surface area contributed by atoms with Crippen LogP contribution in [0.4, 0.5) is 0 Å². The molecule has 0 aliphatic carbocycles. The van der Waals surface area contributed by atoms with E-state index in [2.05, 4.69) is 20.8 Å². The standard InChI is InChI=1S/C10H20O2/c1-8(7-11)9(2)10(3)5-4-6-12-10/h8-9,11H,4-7H2,1-3H3. The Kier molecular flexibility index (Phi) is 3.13. The van der Waals surface area contributed by atoms with Gasteiger partial charge in [0, 0.05) is 13.2 Å². The molecule has 0 saturated carbocycles. The molecule has 3 unspecified atom stereocenters. The quantitative estimate of drug-likeness (QED) is 0.703. The highest BCUT2D eigenvalue weighted by molar-refractivity contribution is 4.87. The van der Waals surface area contributed by atoms with Crippen molar-refractivity contribution in [3.05, 3.63) is 0 Å². The molecule has 0 aromatic carbocycles. The van der Waals surface area contributed by atoms with E-state index in [4.69, 9.17) is 9.84 Å². The van der Waals surface area contributed by atoms with Gasteiger partial charge in [0.2, 0.25) is 0 Å². The molecular formula is C10H20O2. The molecule has 0 amide bonds. The van der Waals surface area contributed by atoms with Gasteiger partial charge in [-0.25, -0.2) is 0 Å². The molecule has 1 aliphatic rings. The molecule has 0 aromatic rings. The van der Waals surface area contributed by atoms with Gasteiger partial charge in [-0.2, -0.15) is 0 Å². The van der Waals surface area contributed by atoms with Gasteiger partial charge in [0.15, 0.2) is 0 Å². The van der Waals surface area contributed by atoms with Gasteiger partial charge in [-0.15, -0.1) is 0 Å². The lowest BCUT2D eigenvalue weighted by Crippen LogP contribution is -2.37. The molecule has 72 valence electrons. The van der Waals surface area contributed by atoms with E-state index in [1.54, 1.807) is 0 Å². The van der Waals surface area contributed by atoms with Crippen molar-refractivity contribution in [2.45, 2.75) is 39.2 Å². The van der Waals surface area contributed by atoms with E-state index in [0.29, 0.717) is 11.8 Å². The highest BCUT2D eigenvalue weighted by Crippen LogP contribution is 2.36. The molecule has 3 atom stereocenters. The Hall–Kier alpha value is -0.0800. The minimum atomic E-state index is 0.0160. The second kappa shape index (κ2) is 3.75. The monoisotopic (exact) mass is 172 g/mol. The molecule has 0 bridgehead atoms. The fraction of sp³-hybridized carbons (Fsp3) is 1.00. The van der Waals surface area contributed by atoms with E-state index in [-0.39, 0.29) is 12.2 Å². The van der Waals surface area contributed by atoms with E-state index in [9.17, 15) is 0 Å². The number of hydrogen-bond donors (Lipinski definition) is 1. The van der Waals surface area contributed by atoms with Crippen LogP contribution in [0.1, 0.15) is 33.6 Å². The Morgan fingerprint density at radius 3 is 2.58 bits per heavy atom. The lowest BCUT2D eigenvalue weighted by molar-refractivity contribution is -0.0476. The molecule has 0 aromatic heterocycles. The highest BCUT2D eigenvalue weighted by Gasteiger charge is 2.37. The van der Waals surface area contributed by atoms with Crippen LogP contribution >= 0.6 is 0 Å². The summed E-state index contributed by atoms with van der Waals surface area (Å²) in [6, 6.07) is 0. The fourth-order valence-corrected chi connectivity index (χ4v) is 1.92. The average Bonchev–Trinajstić information content (AvgIpc) is 2.50. The zero-order valence-corrected chi connectivity index (χ0v) is 8.34.